The van der Waals surface area contributed by atoms with E-state index >= 15 is 0 Å². The van der Waals surface area contributed by atoms with Gasteiger partial charge in [-0.3, -0.25) is 10.1 Å². The van der Waals surface area contributed by atoms with Gasteiger partial charge in [0.1, 0.15) is 5.54 Å². The van der Waals surface area contributed by atoms with E-state index in [0.717, 1.165) is 0 Å². The van der Waals surface area contributed by atoms with Crippen molar-refractivity contribution in [2.75, 3.05) is 13.7 Å². The number of rotatable bonds is 5. The van der Waals surface area contributed by atoms with Gasteiger partial charge in [0, 0.05) is 19.3 Å². The molecule has 0 amide bonds. The van der Waals surface area contributed by atoms with Crippen LogP contribution in [-0.4, -0.2) is 35.9 Å². The number of aliphatic carboxylic acids is 1. The van der Waals surface area contributed by atoms with Crippen molar-refractivity contribution in [3.63, 3.8) is 0 Å². The van der Waals surface area contributed by atoms with Gasteiger partial charge >= 0.3 is 5.97 Å². The summed E-state index contributed by atoms with van der Waals surface area (Å²) in [4.78, 5) is 11.1. The molecule has 1 unspecified atom stereocenters. The lowest BCUT2D eigenvalue weighted by Gasteiger charge is -2.34. The van der Waals surface area contributed by atoms with Gasteiger partial charge in [0.05, 0.1) is 0 Å². The quantitative estimate of drug-likeness (QED) is 0.706. The van der Waals surface area contributed by atoms with Crippen molar-refractivity contribution in [1.82, 2.24) is 5.32 Å². The predicted molar refractivity (Wildman–Crippen MR) is 55.4 cm³/mol. The van der Waals surface area contributed by atoms with Gasteiger partial charge in [-0.15, -0.1) is 0 Å². The zero-order valence-electron chi connectivity index (χ0n) is 9.68. The molecule has 0 aliphatic rings. The third-order valence-electron chi connectivity index (χ3n) is 1.93. The second-order valence-corrected chi connectivity index (χ2v) is 4.76. The molecule has 0 rings (SSSR count). The van der Waals surface area contributed by atoms with Crippen LogP contribution in [0.15, 0.2) is 0 Å². The third kappa shape index (κ3) is 4.58. The lowest BCUT2D eigenvalue weighted by atomic mass is 9.94. The van der Waals surface area contributed by atoms with E-state index in [1.54, 1.807) is 14.0 Å². The molecule has 0 aromatic rings. The van der Waals surface area contributed by atoms with Crippen LogP contribution in [0.1, 0.15) is 34.1 Å². The topological polar surface area (TPSA) is 58.6 Å². The molecule has 0 fully saturated rings. The van der Waals surface area contributed by atoms with E-state index in [1.807, 2.05) is 20.8 Å². The number of hydrogen-bond acceptors (Lipinski definition) is 3. The van der Waals surface area contributed by atoms with Crippen LogP contribution in [0.25, 0.3) is 0 Å². The van der Waals surface area contributed by atoms with E-state index in [9.17, 15) is 4.79 Å². The van der Waals surface area contributed by atoms with E-state index in [4.69, 9.17) is 9.84 Å². The summed E-state index contributed by atoms with van der Waals surface area (Å²) >= 11 is 0. The molecule has 84 valence electrons. The van der Waals surface area contributed by atoms with Gasteiger partial charge in [-0.2, -0.15) is 0 Å². The minimum Gasteiger partial charge on any atom is -0.480 e. The summed E-state index contributed by atoms with van der Waals surface area (Å²) in [6, 6.07) is 0. The zero-order chi connectivity index (χ0) is 11.4. The summed E-state index contributed by atoms with van der Waals surface area (Å²) in [7, 11) is 1.57. The van der Waals surface area contributed by atoms with Crippen molar-refractivity contribution in [3.8, 4) is 0 Å². The fourth-order valence-corrected chi connectivity index (χ4v) is 1.36. The maximum Gasteiger partial charge on any atom is 0.323 e. The van der Waals surface area contributed by atoms with Gasteiger partial charge in [-0.05, 0) is 34.1 Å². The summed E-state index contributed by atoms with van der Waals surface area (Å²) in [5, 5.41) is 12.2. The maximum absolute atomic E-state index is 11.1. The third-order valence-corrected chi connectivity index (χ3v) is 1.93. The number of ether oxygens (including phenoxy) is 1. The fourth-order valence-electron chi connectivity index (χ4n) is 1.36. The normalized spacial score (nSPS) is 16.4. The molecule has 14 heavy (non-hydrogen) atoms. The highest BCUT2D eigenvalue weighted by Gasteiger charge is 2.35. The van der Waals surface area contributed by atoms with Gasteiger partial charge in [0.25, 0.3) is 0 Å². The Kier molecular flexibility index (Phi) is 4.55. The lowest BCUT2D eigenvalue weighted by Crippen LogP contribution is -2.57. The highest BCUT2D eigenvalue weighted by molar-refractivity contribution is 5.78. The molecule has 0 aromatic carbocycles. The molecule has 0 heterocycles. The molecule has 0 radical (unpaired) electrons. The maximum atomic E-state index is 11.1. The van der Waals surface area contributed by atoms with Crippen LogP contribution < -0.4 is 5.32 Å². The molecule has 0 bridgehead atoms. The van der Waals surface area contributed by atoms with Gasteiger partial charge in [0.15, 0.2) is 0 Å². The average molecular weight is 203 g/mol. The van der Waals surface area contributed by atoms with Crippen LogP contribution in [0.4, 0.5) is 0 Å². The molecule has 1 atom stereocenters. The molecule has 0 aliphatic carbocycles. The minimum absolute atomic E-state index is 0.221. The van der Waals surface area contributed by atoms with E-state index in [2.05, 4.69) is 5.32 Å². The van der Waals surface area contributed by atoms with E-state index < -0.39 is 11.5 Å². The molecule has 4 nitrogen and oxygen atoms in total. The molecule has 4 heteroatoms. The number of carboxylic acids is 1. The summed E-state index contributed by atoms with van der Waals surface area (Å²) in [5.74, 6) is -0.843. The van der Waals surface area contributed by atoms with Gasteiger partial charge in [-0.25, -0.2) is 0 Å². The Labute approximate surface area is 85.6 Å². The smallest absolute Gasteiger partial charge is 0.323 e. The number of hydrogen-bond donors (Lipinski definition) is 2. The van der Waals surface area contributed by atoms with E-state index in [1.165, 1.54) is 0 Å². The molecule has 0 aromatic heterocycles. The summed E-state index contributed by atoms with van der Waals surface area (Å²) < 4.78 is 4.90. The molecule has 2 N–H and O–H groups in total. The Balaban J connectivity index is 4.48. The van der Waals surface area contributed by atoms with Crippen molar-refractivity contribution in [2.45, 2.75) is 45.2 Å². The second kappa shape index (κ2) is 4.75. The fraction of sp³-hybridized carbons (Fsp3) is 0.900. The zero-order valence-corrected chi connectivity index (χ0v) is 9.68. The van der Waals surface area contributed by atoms with Crippen molar-refractivity contribution >= 4 is 5.97 Å². The monoisotopic (exact) mass is 203 g/mol. The van der Waals surface area contributed by atoms with Gasteiger partial charge < -0.3 is 9.84 Å². The van der Waals surface area contributed by atoms with Crippen molar-refractivity contribution in [1.29, 1.82) is 0 Å². The molecule has 0 saturated heterocycles. The molecular weight excluding hydrogens is 182 g/mol. The second-order valence-electron chi connectivity index (χ2n) is 4.76. The molecule has 0 aliphatic heterocycles. The Morgan fingerprint density at radius 2 is 1.86 bits per heavy atom. The highest BCUT2D eigenvalue weighted by atomic mass is 16.5. The lowest BCUT2D eigenvalue weighted by molar-refractivity contribution is -0.145. The van der Waals surface area contributed by atoms with Crippen molar-refractivity contribution in [3.05, 3.63) is 0 Å². The van der Waals surface area contributed by atoms with Crippen molar-refractivity contribution in [2.24, 2.45) is 0 Å². The first-order valence-electron chi connectivity index (χ1n) is 4.73. The average Bonchev–Trinajstić information content (AvgIpc) is 1.97. The van der Waals surface area contributed by atoms with Crippen LogP contribution in [0, 0.1) is 0 Å². The summed E-state index contributed by atoms with van der Waals surface area (Å²) in [6.45, 7) is 7.95. The van der Waals surface area contributed by atoms with Crippen LogP contribution in [0.2, 0.25) is 0 Å². The van der Waals surface area contributed by atoms with Crippen LogP contribution in [-0.2, 0) is 9.53 Å². The van der Waals surface area contributed by atoms with Gasteiger partial charge in [-0.1, -0.05) is 0 Å². The standard InChI is InChI=1S/C10H21NO3/c1-9(2,3)11-10(4,8(12)13)6-7-14-5/h11H,6-7H2,1-5H3,(H,12,13). The largest absolute Gasteiger partial charge is 0.480 e. The first-order valence-corrected chi connectivity index (χ1v) is 4.73. The molecular formula is C10H21NO3. The van der Waals surface area contributed by atoms with Crippen LogP contribution in [0.5, 0.6) is 0 Å². The summed E-state index contributed by atoms with van der Waals surface area (Å²) in [6.07, 6.45) is 0.454. The summed E-state index contributed by atoms with van der Waals surface area (Å²) in [5.41, 5.74) is -1.14. The van der Waals surface area contributed by atoms with Crippen molar-refractivity contribution < 1.29 is 14.6 Å². The van der Waals surface area contributed by atoms with Crippen LogP contribution in [0.3, 0.4) is 0 Å². The Hall–Kier alpha value is -0.610. The number of carboxylic acid groups (broad SMARTS) is 1. The highest BCUT2D eigenvalue weighted by Crippen LogP contribution is 2.15. The first-order chi connectivity index (χ1) is 6.21. The Morgan fingerprint density at radius 1 is 1.36 bits per heavy atom. The van der Waals surface area contributed by atoms with E-state index in [-0.39, 0.29) is 5.54 Å². The molecule has 0 spiro atoms. The Bertz CT molecular complexity index is 198. The molecule has 0 saturated carbocycles. The first kappa shape index (κ1) is 13.4. The minimum atomic E-state index is -0.922. The SMILES string of the molecule is COCCC(C)(NC(C)(C)C)C(=O)O. The van der Waals surface area contributed by atoms with Crippen LogP contribution >= 0.6 is 0 Å². The van der Waals surface area contributed by atoms with E-state index in [0.29, 0.717) is 13.0 Å². The Morgan fingerprint density at radius 3 is 2.14 bits per heavy atom. The number of methoxy groups -OCH3 is 1. The number of nitrogens with one attached hydrogen (secondary N) is 1. The predicted octanol–water partition coefficient (Wildman–Crippen LogP) is 1.25. The number of carbonyl (C=O) groups is 1. The van der Waals surface area contributed by atoms with Gasteiger partial charge in [0.2, 0.25) is 0 Å².